The van der Waals surface area contributed by atoms with E-state index in [-0.39, 0.29) is 6.61 Å². The van der Waals surface area contributed by atoms with Crippen LogP contribution in [0.5, 0.6) is 0 Å². The van der Waals surface area contributed by atoms with Crippen molar-refractivity contribution in [3.05, 3.63) is 47.2 Å². The topological polar surface area (TPSA) is 70.1 Å². The molecule has 0 spiro atoms. The molecule has 1 aliphatic rings. The Hall–Kier alpha value is -2.14. The summed E-state index contributed by atoms with van der Waals surface area (Å²) in [6, 6.07) is 10.5. The lowest BCUT2D eigenvalue weighted by Gasteiger charge is -2.11. The molecule has 0 radical (unpaired) electrons. The van der Waals surface area contributed by atoms with Gasteiger partial charge < -0.3 is 15.7 Å². The smallest absolute Gasteiger partial charge is 0.224 e. The first-order chi connectivity index (χ1) is 10.7. The quantitative estimate of drug-likeness (QED) is 0.733. The zero-order chi connectivity index (χ0) is 15.4. The molecule has 0 amide bonds. The lowest BCUT2D eigenvalue weighted by atomic mass is 10.1. The molecular weight excluding hydrogens is 276 g/mol. The van der Waals surface area contributed by atoms with Crippen LogP contribution in [0.1, 0.15) is 35.6 Å². The Balaban J connectivity index is 1.72. The van der Waals surface area contributed by atoms with E-state index in [2.05, 4.69) is 51.8 Å². The van der Waals surface area contributed by atoms with E-state index in [0.29, 0.717) is 18.4 Å². The van der Waals surface area contributed by atoms with Crippen LogP contribution >= 0.6 is 0 Å². The number of aliphatic hydroxyl groups excluding tert-OH is 1. The van der Waals surface area contributed by atoms with Crippen LogP contribution in [-0.2, 0) is 6.54 Å². The van der Waals surface area contributed by atoms with Gasteiger partial charge in [0, 0.05) is 25.1 Å². The van der Waals surface area contributed by atoms with Gasteiger partial charge in [-0.05, 0) is 25.3 Å². The minimum atomic E-state index is 0.0725. The van der Waals surface area contributed by atoms with Crippen molar-refractivity contribution in [1.82, 2.24) is 9.97 Å². The van der Waals surface area contributed by atoms with Crippen LogP contribution in [0, 0.1) is 6.92 Å². The van der Waals surface area contributed by atoms with Crippen molar-refractivity contribution >= 4 is 11.8 Å². The zero-order valence-corrected chi connectivity index (χ0v) is 12.8. The Bertz CT molecular complexity index is 640. The fourth-order valence-electron chi connectivity index (χ4n) is 2.41. The first kappa shape index (κ1) is 14.8. The van der Waals surface area contributed by atoms with Crippen molar-refractivity contribution < 1.29 is 5.11 Å². The third-order valence-electron chi connectivity index (χ3n) is 3.69. The molecule has 116 valence electrons. The predicted molar refractivity (Wildman–Crippen MR) is 88.1 cm³/mol. The minimum Gasteiger partial charge on any atom is -0.395 e. The highest BCUT2D eigenvalue weighted by atomic mass is 16.3. The summed E-state index contributed by atoms with van der Waals surface area (Å²) in [6.45, 7) is 3.37. The Kier molecular flexibility index (Phi) is 4.53. The summed E-state index contributed by atoms with van der Waals surface area (Å²) in [6.07, 6.45) is 2.40. The number of anilines is 2. The molecule has 5 nitrogen and oxygen atoms in total. The first-order valence-electron chi connectivity index (χ1n) is 7.78. The van der Waals surface area contributed by atoms with Crippen LogP contribution in [0.15, 0.2) is 30.3 Å². The Labute approximate surface area is 130 Å². The van der Waals surface area contributed by atoms with Gasteiger partial charge in [-0.15, -0.1) is 0 Å². The van der Waals surface area contributed by atoms with Gasteiger partial charge >= 0.3 is 0 Å². The molecule has 3 rings (SSSR count). The van der Waals surface area contributed by atoms with E-state index in [0.717, 1.165) is 18.1 Å². The second-order valence-electron chi connectivity index (χ2n) is 5.77. The van der Waals surface area contributed by atoms with E-state index in [9.17, 15) is 0 Å². The number of hydrogen-bond acceptors (Lipinski definition) is 5. The number of aliphatic hydroxyl groups is 1. The Morgan fingerprint density at radius 3 is 2.77 bits per heavy atom. The summed E-state index contributed by atoms with van der Waals surface area (Å²) >= 11 is 0. The fourth-order valence-corrected chi connectivity index (χ4v) is 2.41. The van der Waals surface area contributed by atoms with Gasteiger partial charge in [0.2, 0.25) is 5.95 Å². The van der Waals surface area contributed by atoms with E-state index < -0.39 is 0 Å². The number of hydrogen-bond donors (Lipinski definition) is 3. The summed E-state index contributed by atoms with van der Waals surface area (Å²) in [5, 5.41) is 15.4. The average Bonchev–Trinajstić information content (AvgIpc) is 3.36. The summed E-state index contributed by atoms with van der Waals surface area (Å²) in [4.78, 5) is 9.00. The molecule has 1 aromatic heterocycles. The summed E-state index contributed by atoms with van der Waals surface area (Å²) in [5.41, 5.74) is 3.57. The van der Waals surface area contributed by atoms with Crippen molar-refractivity contribution in [3.8, 4) is 0 Å². The highest BCUT2D eigenvalue weighted by Crippen LogP contribution is 2.39. The van der Waals surface area contributed by atoms with E-state index in [1.165, 1.54) is 24.0 Å². The number of benzene rings is 1. The lowest BCUT2D eigenvalue weighted by molar-refractivity contribution is 0.311. The molecular formula is C17H22N4O. The normalized spacial score (nSPS) is 13.9. The second kappa shape index (κ2) is 6.75. The largest absolute Gasteiger partial charge is 0.395 e. The molecule has 1 saturated carbocycles. The molecule has 0 saturated heterocycles. The van der Waals surface area contributed by atoms with Crippen molar-refractivity contribution in [2.45, 2.75) is 32.2 Å². The van der Waals surface area contributed by atoms with Crippen LogP contribution in [-0.4, -0.2) is 28.2 Å². The molecule has 3 N–H and O–H groups in total. The van der Waals surface area contributed by atoms with Gasteiger partial charge in [0.25, 0.3) is 0 Å². The first-order valence-corrected chi connectivity index (χ1v) is 7.78. The van der Waals surface area contributed by atoms with Crippen LogP contribution in [0.2, 0.25) is 0 Å². The van der Waals surface area contributed by atoms with E-state index in [1.807, 2.05) is 6.07 Å². The van der Waals surface area contributed by atoms with Gasteiger partial charge in [-0.3, -0.25) is 0 Å². The molecule has 0 bridgehead atoms. The number of aryl methyl sites for hydroxylation is 1. The summed E-state index contributed by atoms with van der Waals surface area (Å²) < 4.78 is 0. The van der Waals surface area contributed by atoms with Crippen molar-refractivity contribution in [2.24, 2.45) is 0 Å². The second-order valence-corrected chi connectivity index (χ2v) is 5.77. The van der Waals surface area contributed by atoms with Gasteiger partial charge in [0.1, 0.15) is 5.82 Å². The molecule has 22 heavy (non-hydrogen) atoms. The number of nitrogens with one attached hydrogen (secondary N) is 2. The van der Waals surface area contributed by atoms with Gasteiger partial charge in [-0.25, -0.2) is 4.98 Å². The van der Waals surface area contributed by atoms with Crippen LogP contribution in [0.3, 0.4) is 0 Å². The fraction of sp³-hybridized carbons (Fsp3) is 0.412. The molecule has 0 unspecified atom stereocenters. The maximum Gasteiger partial charge on any atom is 0.224 e. The molecule has 0 atom stereocenters. The van der Waals surface area contributed by atoms with Gasteiger partial charge in [0.15, 0.2) is 0 Å². The van der Waals surface area contributed by atoms with Crippen molar-refractivity contribution in [3.63, 3.8) is 0 Å². The Morgan fingerprint density at radius 1 is 1.18 bits per heavy atom. The van der Waals surface area contributed by atoms with Gasteiger partial charge in [-0.1, -0.05) is 29.8 Å². The van der Waals surface area contributed by atoms with Crippen molar-refractivity contribution in [2.75, 3.05) is 23.8 Å². The maximum absolute atomic E-state index is 8.93. The lowest BCUT2D eigenvalue weighted by Crippen LogP contribution is -2.11. The zero-order valence-electron chi connectivity index (χ0n) is 12.8. The van der Waals surface area contributed by atoms with Crippen LogP contribution in [0.4, 0.5) is 11.8 Å². The SMILES string of the molecule is Cc1cccc(CNc2cc(C3CC3)nc(NCCO)n2)c1. The minimum absolute atomic E-state index is 0.0725. The average molecular weight is 298 g/mol. The maximum atomic E-state index is 8.93. The van der Waals surface area contributed by atoms with Gasteiger partial charge in [0.05, 0.1) is 12.3 Å². The highest BCUT2D eigenvalue weighted by molar-refractivity contribution is 5.44. The molecule has 1 fully saturated rings. The third-order valence-corrected chi connectivity index (χ3v) is 3.69. The van der Waals surface area contributed by atoms with Crippen LogP contribution < -0.4 is 10.6 Å². The molecule has 2 aromatic rings. The molecule has 1 heterocycles. The molecule has 1 aliphatic carbocycles. The molecule has 5 heteroatoms. The van der Waals surface area contributed by atoms with Crippen LogP contribution in [0.25, 0.3) is 0 Å². The predicted octanol–water partition coefficient (Wildman–Crippen LogP) is 2.68. The number of aromatic nitrogens is 2. The summed E-state index contributed by atoms with van der Waals surface area (Å²) in [7, 11) is 0. The van der Waals surface area contributed by atoms with Crippen molar-refractivity contribution in [1.29, 1.82) is 0 Å². The number of rotatable bonds is 7. The van der Waals surface area contributed by atoms with E-state index in [1.54, 1.807) is 0 Å². The number of nitrogens with zero attached hydrogens (tertiary/aromatic N) is 2. The molecule has 0 aliphatic heterocycles. The Morgan fingerprint density at radius 2 is 2.05 bits per heavy atom. The molecule has 1 aromatic carbocycles. The highest BCUT2D eigenvalue weighted by Gasteiger charge is 2.26. The standard InChI is InChI=1S/C17H22N4O/c1-12-3-2-4-13(9-12)11-19-16-10-15(14-5-6-14)20-17(21-16)18-7-8-22/h2-4,9-10,14,22H,5-8,11H2,1H3,(H2,18,19,20,21). The third kappa shape index (κ3) is 3.95. The van der Waals surface area contributed by atoms with E-state index >= 15 is 0 Å². The van der Waals surface area contributed by atoms with Gasteiger partial charge in [-0.2, -0.15) is 4.98 Å². The summed E-state index contributed by atoms with van der Waals surface area (Å²) in [5.74, 6) is 1.99. The van der Waals surface area contributed by atoms with E-state index in [4.69, 9.17) is 5.11 Å². The monoisotopic (exact) mass is 298 g/mol.